The first kappa shape index (κ1) is 28.8. The number of amides is 1. The van der Waals surface area contributed by atoms with Gasteiger partial charge in [0.15, 0.2) is 0 Å². The van der Waals surface area contributed by atoms with Crippen molar-refractivity contribution in [1.82, 2.24) is 30.0 Å². The highest BCUT2D eigenvalue weighted by atomic mass is 19.3. The summed E-state index contributed by atoms with van der Waals surface area (Å²) in [6, 6.07) is 3.85. The first-order chi connectivity index (χ1) is 19.4. The van der Waals surface area contributed by atoms with Crippen LogP contribution in [0.5, 0.6) is 0 Å². The van der Waals surface area contributed by atoms with E-state index < -0.39 is 12.0 Å². The van der Waals surface area contributed by atoms with Gasteiger partial charge < -0.3 is 20.9 Å². The average molecular weight is 568 g/mol. The summed E-state index contributed by atoms with van der Waals surface area (Å²) in [5.41, 5.74) is 3.18. The first-order valence-electron chi connectivity index (χ1n) is 14.2. The van der Waals surface area contributed by atoms with E-state index in [0.717, 1.165) is 68.2 Å². The normalized spacial score (nSPS) is 18.8. The number of carbonyl (C=O) groups excluding carboxylic acids is 1. The van der Waals surface area contributed by atoms with Crippen molar-refractivity contribution in [3.05, 3.63) is 42.1 Å². The molecule has 2 aliphatic heterocycles. The van der Waals surface area contributed by atoms with Crippen LogP contribution >= 0.6 is 0 Å². The molecule has 5 rings (SSSR count). The minimum Gasteiger partial charge on any atom is -0.382 e. The van der Waals surface area contributed by atoms with Crippen molar-refractivity contribution < 1.29 is 13.6 Å². The molecule has 3 aromatic heterocycles. The Morgan fingerprint density at radius 3 is 2.68 bits per heavy atom. The monoisotopic (exact) mass is 567 g/mol. The lowest BCUT2D eigenvalue weighted by Crippen LogP contribution is -2.38. The smallest absolute Gasteiger partial charge is 0.333 e. The first-order valence-corrected chi connectivity index (χ1v) is 14.2. The van der Waals surface area contributed by atoms with Gasteiger partial charge in [-0.05, 0) is 66.0 Å². The van der Waals surface area contributed by atoms with Crippen molar-refractivity contribution in [3.8, 4) is 11.3 Å². The van der Waals surface area contributed by atoms with Gasteiger partial charge in [-0.2, -0.15) is 13.9 Å². The lowest BCUT2D eigenvalue weighted by Gasteiger charge is -2.27. The van der Waals surface area contributed by atoms with Crippen LogP contribution in [-0.4, -0.2) is 62.4 Å². The highest BCUT2D eigenvalue weighted by Gasteiger charge is 2.43. The van der Waals surface area contributed by atoms with Crippen LogP contribution in [0.3, 0.4) is 0 Å². The molecule has 220 valence electrons. The topological polar surface area (TPSA) is 113 Å². The number of hydrogen-bond acceptors (Lipinski definition) is 8. The van der Waals surface area contributed by atoms with Crippen LogP contribution in [0.25, 0.3) is 11.3 Å². The van der Waals surface area contributed by atoms with Gasteiger partial charge in [0.1, 0.15) is 18.0 Å². The second kappa shape index (κ2) is 11.3. The van der Waals surface area contributed by atoms with Crippen molar-refractivity contribution in [2.45, 2.75) is 77.3 Å². The number of halogens is 2. The van der Waals surface area contributed by atoms with Crippen LogP contribution in [0.2, 0.25) is 0 Å². The molecule has 5 heterocycles. The predicted molar refractivity (Wildman–Crippen MR) is 155 cm³/mol. The van der Waals surface area contributed by atoms with Gasteiger partial charge in [-0.1, -0.05) is 0 Å². The number of nitrogens with one attached hydrogen (secondary N) is 3. The third kappa shape index (κ3) is 6.17. The van der Waals surface area contributed by atoms with Gasteiger partial charge in [0.25, 0.3) is 0 Å². The van der Waals surface area contributed by atoms with Gasteiger partial charge in [0.05, 0.1) is 34.3 Å². The second-order valence-corrected chi connectivity index (χ2v) is 12.3. The average Bonchev–Trinajstić information content (AvgIpc) is 3.40. The molecule has 1 saturated heterocycles. The summed E-state index contributed by atoms with van der Waals surface area (Å²) >= 11 is 0. The maximum absolute atomic E-state index is 13.2. The molecule has 0 spiro atoms. The Morgan fingerprint density at radius 2 is 1.95 bits per heavy atom. The molecular formula is C29H39F2N9O. The summed E-state index contributed by atoms with van der Waals surface area (Å²) in [6.07, 6.45) is 6.91. The summed E-state index contributed by atoms with van der Waals surface area (Å²) in [5, 5.41) is 13.7. The molecule has 1 fully saturated rings. The van der Waals surface area contributed by atoms with Gasteiger partial charge in [-0.25, -0.2) is 14.6 Å². The quantitative estimate of drug-likeness (QED) is 0.329. The number of alkyl halides is 2. The number of anilines is 3. The zero-order valence-electron chi connectivity index (χ0n) is 24.3. The van der Waals surface area contributed by atoms with Crippen molar-refractivity contribution >= 4 is 23.2 Å². The van der Waals surface area contributed by atoms with Gasteiger partial charge in [0, 0.05) is 49.4 Å². The number of nitrogens with zero attached hydrogens (tertiary/aromatic N) is 6. The lowest BCUT2D eigenvalue weighted by molar-refractivity contribution is -0.119. The molecule has 41 heavy (non-hydrogen) atoms. The molecule has 1 amide bonds. The van der Waals surface area contributed by atoms with E-state index in [0.29, 0.717) is 21.8 Å². The fourth-order valence-corrected chi connectivity index (χ4v) is 5.55. The van der Waals surface area contributed by atoms with Crippen LogP contribution in [0.15, 0.2) is 30.9 Å². The third-order valence-electron chi connectivity index (χ3n) is 7.78. The maximum Gasteiger partial charge on any atom is 0.333 e. The summed E-state index contributed by atoms with van der Waals surface area (Å²) in [7, 11) is 0. The van der Waals surface area contributed by atoms with E-state index in [1.165, 1.54) is 18.7 Å². The predicted octanol–water partition coefficient (Wildman–Crippen LogP) is 4.93. The molecule has 0 aromatic carbocycles. The molecule has 0 saturated carbocycles. The molecule has 1 atom stereocenters. The fraction of sp³-hybridized carbons (Fsp3) is 0.552. The number of pyridine rings is 1. The minimum atomic E-state index is -2.70. The van der Waals surface area contributed by atoms with Gasteiger partial charge in [-0.15, -0.1) is 0 Å². The summed E-state index contributed by atoms with van der Waals surface area (Å²) in [4.78, 5) is 28.8. The number of hydrogen-bond donors (Lipinski definition) is 3. The van der Waals surface area contributed by atoms with E-state index in [4.69, 9.17) is 4.98 Å². The van der Waals surface area contributed by atoms with E-state index in [1.807, 2.05) is 26.0 Å². The Kier molecular flexibility index (Phi) is 7.95. The van der Waals surface area contributed by atoms with E-state index in [2.05, 4.69) is 56.7 Å². The second-order valence-electron chi connectivity index (χ2n) is 12.3. The molecule has 0 aliphatic carbocycles. The lowest BCUT2D eigenvalue weighted by atomic mass is 9.87. The Bertz CT molecular complexity index is 1400. The largest absolute Gasteiger partial charge is 0.382 e. The standard InChI is InChI=1S/C29H39F2N9O/c1-28(2,3)35-12-11-32-21-9-8-20(19-15-36-40(16-19)27(30)31)37-23(21)18-7-6-13-39(14-10-18)25-22-24(33-17-34-25)38-26(41)29(22,4)5/h8-9,15-18,27,32,35H,6-7,10-14H2,1-5H3,(H,33,34,38,41). The number of aromatic nitrogens is 5. The molecular weight excluding hydrogens is 528 g/mol. The summed E-state index contributed by atoms with van der Waals surface area (Å²) in [6.45, 7) is 10.5. The molecule has 3 aromatic rings. The molecule has 3 N–H and O–H groups in total. The third-order valence-corrected chi connectivity index (χ3v) is 7.78. The van der Waals surface area contributed by atoms with Crippen molar-refractivity contribution in [1.29, 1.82) is 0 Å². The van der Waals surface area contributed by atoms with Crippen LogP contribution in [-0.2, 0) is 10.2 Å². The van der Waals surface area contributed by atoms with E-state index >= 15 is 0 Å². The summed E-state index contributed by atoms with van der Waals surface area (Å²) < 4.78 is 27.0. The Morgan fingerprint density at radius 1 is 1.15 bits per heavy atom. The fourth-order valence-electron chi connectivity index (χ4n) is 5.55. The van der Waals surface area contributed by atoms with Gasteiger partial charge >= 0.3 is 6.55 Å². The molecule has 12 heteroatoms. The Balaban J connectivity index is 1.40. The Labute approximate surface area is 239 Å². The molecule has 0 radical (unpaired) electrons. The zero-order chi connectivity index (χ0) is 29.4. The van der Waals surface area contributed by atoms with Gasteiger partial charge in [-0.3, -0.25) is 9.78 Å². The number of rotatable bonds is 8. The van der Waals surface area contributed by atoms with Crippen molar-refractivity contribution in [3.63, 3.8) is 0 Å². The van der Waals surface area contributed by atoms with Crippen LogP contribution in [0, 0.1) is 0 Å². The van der Waals surface area contributed by atoms with E-state index in [1.54, 1.807) is 0 Å². The minimum absolute atomic E-state index is 0.0120. The van der Waals surface area contributed by atoms with Crippen LogP contribution < -0.4 is 20.9 Å². The number of fused-ring (bicyclic) bond motifs is 1. The Hall–Kier alpha value is -3.67. The van der Waals surface area contributed by atoms with Crippen molar-refractivity contribution in [2.75, 3.05) is 41.7 Å². The van der Waals surface area contributed by atoms with Crippen LogP contribution in [0.4, 0.5) is 26.1 Å². The highest BCUT2D eigenvalue weighted by molar-refractivity contribution is 6.06. The van der Waals surface area contributed by atoms with Gasteiger partial charge in [0.2, 0.25) is 5.91 Å². The molecule has 2 aliphatic rings. The zero-order valence-corrected chi connectivity index (χ0v) is 24.3. The molecule has 10 nitrogen and oxygen atoms in total. The van der Waals surface area contributed by atoms with E-state index in [-0.39, 0.29) is 17.4 Å². The van der Waals surface area contributed by atoms with Crippen LogP contribution in [0.1, 0.15) is 77.6 Å². The molecule has 0 bridgehead atoms. The highest BCUT2D eigenvalue weighted by Crippen LogP contribution is 2.42. The number of carbonyl (C=O) groups is 1. The van der Waals surface area contributed by atoms with Crippen molar-refractivity contribution in [2.24, 2.45) is 0 Å². The summed E-state index contributed by atoms with van der Waals surface area (Å²) in [5.74, 6) is 1.45. The van der Waals surface area contributed by atoms with E-state index in [9.17, 15) is 13.6 Å². The SMILES string of the molecule is CC(C)(C)NCCNc1ccc(-c2cnn(C(F)F)c2)nc1C1CCCN(c2ncnc3c2C(C)(C)C(=O)N3)CC1. The maximum atomic E-state index is 13.2. The molecule has 1 unspecified atom stereocenters.